The quantitative estimate of drug-likeness (QED) is 0.628. The van der Waals surface area contributed by atoms with Crippen molar-refractivity contribution in [2.45, 2.75) is 25.4 Å². The lowest BCUT2D eigenvalue weighted by molar-refractivity contribution is -0.136. The van der Waals surface area contributed by atoms with Crippen LogP contribution >= 0.6 is 0 Å². The molecule has 0 aromatic heterocycles. The van der Waals surface area contributed by atoms with E-state index in [1.807, 2.05) is 36.4 Å². The Bertz CT molecular complexity index is 975. The first-order chi connectivity index (χ1) is 16.1. The van der Waals surface area contributed by atoms with Crippen molar-refractivity contribution in [3.8, 4) is 5.75 Å². The third-order valence-corrected chi connectivity index (χ3v) is 5.85. The van der Waals surface area contributed by atoms with E-state index in [0.29, 0.717) is 30.9 Å². The number of ether oxygens (including phenoxy) is 2. The Morgan fingerprint density at radius 1 is 1.09 bits per heavy atom. The van der Waals surface area contributed by atoms with Gasteiger partial charge in [0.1, 0.15) is 12.3 Å². The summed E-state index contributed by atoms with van der Waals surface area (Å²) in [4.78, 5) is 41.3. The molecule has 8 heteroatoms. The molecule has 0 unspecified atom stereocenters. The van der Waals surface area contributed by atoms with Crippen LogP contribution in [-0.4, -0.2) is 68.1 Å². The SMILES string of the molecule is O=C(CN(CCc1ccccc1)C(=O)CN1C(=O)COc2ccccc21)NC[C@H]1CCCO1. The van der Waals surface area contributed by atoms with E-state index in [9.17, 15) is 14.4 Å². The Labute approximate surface area is 193 Å². The van der Waals surface area contributed by atoms with Crippen LogP contribution in [0.2, 0.25) is 0 Å². The van der Waals surface area contributed by atoms with Crippen molar-refractivity contribution >= 4 is 23.4 Å². The van der Waals surface area contributed by atoms with Gasteiger partial charge in [-0.15, -0.1) is 0 Å². The van der Waals surface area contributed by atoms with Crippen molar-refractivity contribution < 1.29 is 23.9 Å². The number of rotatable bonds is 9. The second kappa shape index (κ2) is 11.0. The van der Waals surface area contributed by atoms with Crippen molar-refractivity contribution in [2.75, 3.05) is 44.3 Å². The minimum absolute atomic E-state index is 0.0323. The predicted molar refractivity (Wildman–Crippen MR) is 123 cm³/mol. The number of carbonyl (C=O) groups is 3. The molecule has 1 N–H and O–H groups in total. The Morgan fingerprint density at radius 3 is 2.67 bits per heavy atom. The van der Waals surface area contributed by atoms with Crippen molar-refractivity contribution in [3.05, 3.63) is 60.2 Å². The van der Waals surface area contributed by atoms with Crippen LogP contribution in [0.4, 0.5) is 5.69 Å². The predicted octanol–water partition coefficient (Wildman–Crippen LogP) is 1.78. The lowest BCUT2D eigenvalue weighted by Crippen LogP contribution is -2.49. The van der Waals surface area contributed by atoms with Crippen LogP contribution in [-0.2, 0) is 25.5 Å². The van der Waals surface area contributed by atoms with E-state index in [4.69, 9.17) is 9.47 Å². The fourth-order valence-electron chi connectivity index (χ4n) is 4.03. The summed E-state index contributed by atoms with van der Waals surface area (Å²) in [5.41, 5.74) is 1.64. The Morgan fingerprint density at radius 2 is 1.88 bits per heavy atom. The average Bonchev–Trinajstić information content (AvgIpc) is 3.36. The monoisotopic (exact) mass is 451 g/mol. The summed E-state index contributed by atoms with van der Waals surface area (Å²) >= 11 is 0. The molecule has 2 aliphatic heterocycles. The van der Waals surface area contributed by atoms with Crippen LogP contribution in [0.15, 0.2) is 54.6 Å². The van der Waals surface area contributed by atoms with Gasteiger partial charge in [0.2, 0.25) is 11.8 Å². The number of anilines is 1. The highest BCUT2D eigenvalue weighted by Crippen LogP contribution is 2.31. The van der Waals surface area contributed by atoms with Crippen molar-refractivity contribution in [1.82, 2.24) is 10.2 Å². The highest BCUT2D eigenvalue weighted by molar-refractivity contribution is 6.02. The van der Waals surface area contributed by atoms with Gasteiger partial charge in [0.15, 0.2) is 6.61 Å². The zero-order valence-electron chi connectivity index (χ0n) is 18.6. The maximum absolute atomic E-state index is 13.3. The van der Waals surface area contributed by atoms with Crippen LogP contribution in [0.1, 0.15) is 18.4 Å². The van der Waals surface area contributed by atoms with E-state index < -0.39 is 0 Å². The van der Waals surface area contributed by atoms with E-state index in [0.717, 1.165) is 25.0 Å². The highest BCUT2D eigenvalue weighted by Gasteiger charge is 2.29. The van der Waals surface area contributed by atoms with Crippen LogP contribution < -0.4 is 15.0 Å². The van der Waals surface area contributed by atoms with E-state index >= 15 is 0 Å². The molecule has 3 amide bonds. The molecule has 0 bridgehead atoms. The lowest BCUT2D eigenvalue weighted by Gasteiger charge is -2.31. The van der Waals surface area contributed by atoms with Gasteiger partial charge in [0.25, 0.3) is 5.91 Å². The first-order valence-corrected chi connectivity index (χ1v) is 11.3. The summed E-state index contributed by atoms with van der Waals surface area (Å²) in [6.07, 6.45) is 2.57. The molecule has 1 saturated heterocycles. The topological polar surface area (TPSA) is 88.2 Å². The molecule has 2 aliphatic rings. The van der Waals surface area contributed by atoms with E-state index in [1.54, 1.807) is 18.2 Å². The van der Waals surface area contributed by atoms with Gasteiger partial charge in [0.05, 0.1) is 18.3 Å². The van der Waals surface area contributed by atoms with Gasteiger partial charge in [-0.2, -0.15) is 0 Å². The maximum Gasteiger partial charge on any atom is 0.265 e. The summed E-state index contributed by atoms with van der Waals surface area (Å²) in [5, 5.41) is 2.88. The summed E-state index contributed by atoms with van der Waals surface area (Å²) in [6.45, 7) is 1.20. The van der Waals surface area contributed by atoms with Crippen LogP contribution in [0, 0.1) is 0 Å². The second-order valence-electron chi connectivity index (χ2n) is 8.23. The molecule has 1 atom stereocenters. The second-order valence-corrected chi connectivity index (χ2v) is 8.23. The summed E-state index contributed by atoms with van der Waals surface area (Å²) in [7, 11) is 0. The van der Waals surface area contributed by atoms with Gasteiger partial charge < -0.3 is 19.7 Å². The van der Waals surface area contributed by atoms with Gasteiger partial charge in [-0.1, -0.05) is 42.5 Å². The zero-order chi connectivity index (χ0) is 23.0. The first kappa shape index (κ1) is 22.8. The lowest BCUT2D eigenvalue weighted by atomic mass is 10.1. The molecule has 0 radical (unpaired) electrons. The van der Waals surface area contributed by atoms with Crippen molar-refractivity contribution in [3.63, 3.8) is 0 Å². The first-order valence-electron chi connectivity index (χ1n) is 11.3. The number of amides is 3. The molecule has 0 spiro atoms. The molecule has 8 nitrogen and oxygen atoms in total. The van der Waals surface area contributed by atoms with Gasteiger partial charge in [0, 0.05) is 19.7 Å². The molecule has 174 valence electrons. The molecule has 1 fully saturated rings. The Hall–Kier alpha value is -3.39. The zero-order valence-corrected chi connectivity index (χ0v) is 18.6. The molecule has 0 saturated carbocycles. The molecule has 2 heterocycles. The molecule has 0 aliphatic carbocycles. The minimum Gasteiger partial charge on any atom is -0.482 e. The van der Waals surface area contributed by atoms with Crippen LogP contribution in [0.25, 0.3) is 0 Å². The van der Waals surface area contributed by atoms with Gasteiger partial charge in [-0.05, 0) is 37.0 Å². The molecule has 33 heavy (non-hydrogen) atoms. The summed E-state index contributed by atoms with van der Waals surface area (Å²) in [6, 6.07) is 16.9. The summed E-state index contributed by atoms with van der Waals surface area (Å²) in [5.74, 6) is -0.244. The van der Waals surface area contributed by atoms with E-state index in [-0.39, 0.29) is 43.5 Å². The normalized spacial score (nSPS) is 17.3. The Kier molecular flexibility index (Phi) is 7.57. The molecular weight excluding hydrogens is 422 g/mol. The van der Waals surface area contributed by atoms with Gasteiger partial charge >= 0.3 is 0 Å². The molecule has 2 aromatic rings. The average molecular weight is 452 g/mol. The maximum atomic E-state index is 13.3. The number of carbonyl (C=O) groups excluding carboxylic acids is 3. The summed E-state index contributed by atoms with van der Waals surface area (Å²) < 4.78 is 11.0. The smallest absolute Gasteiger partial charge is 0.265 e. The third kappa shape index (κ3) is 6.10. The number of hydrogen-bond donors (Lipinski definition) is 1. The van der Waals surface area contributed by atoms with Gasteiger partial charge in [-0.3, -0.25) is 19.3 Å². The largest absolute Gasteiger partial charge is 0.482 e. The highest BCUT2D eigenvalue weighted by atomic mass is 16.5. The number of para-hydroxylation sites is 2. The number of fused-ring (bicyclic) bond motifs is 1. The van der Waals surface area contributed by atoms with Crippen LogP contribution in [0.5, 0.6) is 5.75 Å². The molecule has 2 aromatic carbocycles. The Balaban J connectivity index is 1.42. The molecular formula is C25H29N3O5. The van der Waals surface area contributed by atoms with Crippen LogP contribution in [0.3, 0.4) is 0 Å². The minimum atomic E-state index is -0.289. The fourth-order valence-corrected chi connectivity index (χ4v) is 4.03. The number of nitrogens with one attached hydrogen (secondary N) is 1. The fraction of sp³-hybridized carbons (Fsp3) is 0.400. The van der Waals surface area contributed by atoms with Crippen molar-refractivity contribution in [1.29, 1.82) is 0 Å². The van der Waals surface area contributed by atoms with E-state index in [2.05, 4.69) is 5.32 Å². The van der Waals surface area contributed by atoms with Gasteiger partial charge in [-0.25, -0.2) is 0 Å². The van der Waals surface area contributed by atoms with E-state index in [1.165, 1.54) is 9.80 Å². The molecule has 4 rings (SSSR count). The third-order valence-electron chi connectivity index (χ3n) is 5.85. The number of benzene rings is 2. The van der Waals surface area contributed by atoms with Crippen molar-refractivity contribution in [2.24, 2.45) is 0 Å². The number of nitrogens with zero attached hydrogens (tertiary/aromatic N) is 2. The standard InChI is InChI=1S/C25H29N3O5/c29-23(26-15-20-9-6-14-32-20)16-27(13-12-19-7-2-1-3-8-19)24(30)17-28-21-10-4-5-11-22(21)33-18-25(28)31/h1-5,7-8,10-11,20H,6,9,12-18H2,(H,26,29)/t20-/m1/s1. The number of hydrogen-bond acceptors (Lipinski definition) is 5.